The Hall–Kier alpha value is -2.53. The molecule has 0 saturated carbocycles. The molecule has 0 radical (unpaired) electrons. The quantitative estimate of drug-likeness (QED) is 0.520. The molecule has 5 nitrogen and oxygen atoms in total. The van der Waals surface area contributed by atoms with Gasteiger partial charge >= 0.3 is 0 Å². The summed E-state index contributed by atoms with van der Waals surface area (Å²) < 4.78 is 0. The van der Waals surface area contributed by atoms with Gasteiger partial charge in [0.05, 0.1) is 16.4 Å². The van der Waals surface area contributed by atoms with E-state index < -0.39 is 16.4 Å². The summed E-state index contributed by atoms with van der Waals surface area (Å²) in [6.45, 7) is 3.32. The van der Waals surface area contributed by atoms with Crippen molar-refractivity contribution in [2.24, 2.45) is 5.41 Å². The average Bonchev–Trinajstić information content (AvgIpc) is 2.54. The zero-order valence-electron chi connectivity index (χ0n) is 12.4. The Morgan fingerprint density at radius 1 is 1.09 bits per heavy atom. The Kier molecular flexibility index (Phi) is 4.37. The number of nitro groups is 1. The molecule has 0 bridgehead atoms. The number of nitrogens with zero attached hydrogens (tertiary/aromatic N) is 1. The lowest BCUT2D eigenvalue weighted by molar-refractivity contribution is -0.384. The third kappa shape index (κ3) is 3.04. The Balaban J connectivity index is 2.28. The molecular weight excluding hydrogens is 282 g/mol. The van der Waals surface area contributed by atoms with Crippen LogP contribution in [0, 0.1) is 15.5 Å². The van der Waals surface area contributed by atoms with E-state index in [4.69, 9.17) is 0 Å². The van der Waals surface area contributed by atoms with E-state index in [1.54, 1.807) is 38.1 Å². The lowest BCUT2D eigenvalue weighted by Crippen LogP contribution is -2.31. The summed E-state index contributed by atoms with van der Waals surface area (Å²) in [5.74, 6) is -0.182. The number of nitro benzene ring substituents is 1. The van der Waals surface area contributed by atoms with Crippen LogP contribution < -0.4 is 0 Å². The predicted octanol–water partition coefficient (Wildman–Crippen LogP) is 3.54. The van der Waals surface area contributed by atoms with Crippen molar-refractivity contribution in [2.45, 2.75) is 20.0 Å². The van der Waals surface area contributed by atoms with E-state index in [0.717, 1.165) is 0 Å². The number of hydrogen-bond donors (Lipinski definition) is 1. The first kappa shape index (κ1) is 15.9. The van der Waals surface area contributed by atoms with Crippen LogP contribution >= 0.6 is 0 Å². The van der Waals surface area contributed by atoms with Crippen molar-refractivity contribution in [1.29, 1.82) is 0 Å². The van der Waals surface area contributed by atoms with Gasteiger partial charge in [0.15, 0.2) is 5.78 Å². The van der Waals surface area contributed by atoms with Crippen LogP contribution in [0.25, 0.3) is 0 Å². The lowest BCUT2D eigenvalue weighted by Gasteiger charge is -2.29. The van der Waals surface area contributed by atoms with Gasteiger partial charge in [0.2, 0.25) is 0 Å². The number of benzene rings is 2. The molecule has 114 valence electrons. The van der Waals surface area contributed by atoms with Gasteiger partial charge in [0.1, 0.15) is 0 Å². The normalized spacial score (nSPS) is 12.7. The number of ketones is 1. The van der Waals surface area contributed by atoms with E-state index in [-0.39, 0.29) is 11.5 Å². The van der Waals surface area contributed by atoms with Crippen molar-refractivity contribution in [1.82, 2.24) is 0 Å². The maximum Gasteiger partial charge on any atom is 0.269 e. The topological polar surface area (TPSA) is 80.4 Å². The van der Waals surface area contributed by atoms with Crippen molar-refractivity contribution < 1.29 is 14.8 Å². The predicted molar refractivity (Wildman–Crippen MR) is 82.6 cm³/mol. The van der Waals surface area contributed by atoms with E-state index in [0.29, 0.717) is 11.1 Å². The molecule has 0 aliphatic heterocycles. The van der Waals surface area contributed by atoms with Gasteiger partial charge in [-0.15, -0.1) is 0 Å². The third-order valence-corrected chi connectivity index (χ3v) is 3.72. The van der Waals surface area contributed by atoms with Gasteiger partial charge in [0.25, 0.3) is 5.69 Å². The van der Waals surface area contributed by atoms with Crippen molar-refractivity contribution >= 4 is 11.5 Å². The first-order valence-corrected chi connectivity index (χ1v) is 6.86. The molecule has 5 heteroatoms. The second-order valence-electron chi connectivity index (χ2n) is 5.67. The van der Waals surface area contributed by atoms with Crippen LogP contribution in [0.3, 0.4) is 0 Å². The van der Waals surface area contributed by atoms with Crippen molar-refractivity contribution in [2.75, 3.05) is 0 Å². The van der Waals surface area contributed by atoms with Crippen LogP contribution in [-0.4, -0.2) is 15.8 Å². The van der Waals surface area contributed by atoms with Crippen LogP contribution in [0.1, 0.15) is 35.9 Å². The van der Waals surface area contributed by atoms with Crippen molar-refractivity contribution in [3.05, 3.63) is 75.8 Å². The summed E-state index contributed by atoms with van der Waals surface area (Å²) in [4.78, 5) is 22.7. The molecule has 0 aromatic heterocycles. The summed E-state index contributed by atoms with van der Waals surface area (Å²) in [6, 6.07) is 14.3. The maximum atomic E-state index is 12.6. The zero-order chi connectivity index (χ0) is 16.3. The highest BCUT2D eigenvalue weighted by molar-refractivity contribution is 6.00. The van der Waals surface area contributed by atoms with Crippen molar-refractivity contribution in [3.8, 4) is 0 Å². The number of aliphatic hydroxyl groups excluding tert-OH is 1. The van der Waals surface area contributed by atoms with E-state index >= 15 is 0 Å². The molecule has 0 aliphatic carbocycles. The van der Waals surface area contributed by atoms with Gasteiger partial charge < -0.3 is 5.11 Å². The number of non-ortho nitro benzene ring substituents is 1. The molecule has 0 saturated heterocycles. The number of aliphatic hydroxyl groups is 1. The lowest BCUT2D eigenvalue weighted by atomic mass is 9.76. The molecule has 1 N–H and O–H groups in total. The SMILES string of the molecule is CC(C)(C(=O)c1ccccc1)[C@@H](O)c1ccc([N+](=O)[O-])cc1. The third-order valence-electron chi connectivity index (χ3n) is 3.72. The number of carbonyl (C=O) groups excluding carboxylic acids is 1. The number of carbonyl (C=O) groups is 1. The maximum absolute atomic E-state index is 12.6. The van der Waals surface area contributed by atoms with Gasteiger partial charge in [-0.1, -0.05) is 30.3 Å². The Labute approximate surface area is 128 Å². The molecule has 0 fully saturated rings. The zero-order valence-corrected chi connectivity index (χ0v) is 12.4. The molecule has 2 aromatic rings. The molecule has 0 heterocycles. The Morgan fingerprint density at radius 2 is 1.64 bits per heavy atom. The van der Waals surface area contributed by atoms with Gasteiger partial charge in [-0.2, -0.15) is 0 Å². The highest BCUT2D eigenvalue weighted by atomic mass is 16.6. The van der Waals surface area contributed by atoms with Gasteiger partial charge in [-0.05, 0) is 31.5 Å². The Bertz CT molecular complexity index is 678. The fourth-order valence-electron chi connectivity index (χ4n) is 2.28. The van der Waals surface area contributed by atoms with Crippen LogP contribution in [0.2, 0.25) is 0 Å². The van der Waals surface area contributed by atoms with Gasteiger partial charge in [0, 0.05) is 17.7 Å². The fourth-order valence-corrected chi connectivity index (χ4v) is 2.28. The first-order valence-electron chi connectivity index (χ1n) is 6.86. The summed E-state index contributed by atoms with van der Waals surface area (Å²) in [5.41, 5.74) is -0.103. The summed E-state index contributed by atoms with van der Waals surface area (Å²) >= 11 is 0. The van der Waals surface area contributed by atoms with E-state index in [2.05, 4.69) is 0 Å². The monoisotopic (exact) mass is 299 g/mol. The number of Topliss-reactive ketones (excluding diaryl/α,β-unsaturated/α-hetero) is 1. The van der Waals surface area contributed by atoms with Crippen LogP contribution in [0.5, 0.6) is 0 Å². The minimum Gasteiger partial charge on any atom is -0.387 e. The van der Waals surface area contributed by atoms with Crippen LogP contribution in [0.15, 0.2) is 54.6 Å². The fraction of sp³-hybridized carbons (Fsp3) is 0.235. The van der Waals surface area contributed by atoms with Crippen LogP contribution in [-0.2, 0) is 0 Å². The molecule has 0 aliphatic rings. The molecule has 1 atom stereocenters. The minimum atomic E-state index is -1.05. The Morgan fingerprint density at radius 3 is 2.14 bits per heavy atom. The molecular formula is C17H17NO4. The summed E-state index contributed by atoms with van der Waals surface area (Å²) in [6.07, 6.45) is -1.05. The first-order chi connectivity index (χ1) is 10.3. The molecule has 22 heavy (non-hydrogen) atoms. The minimum absolute atomic E-state index is 0.0526. The molecule has 2 rings (SSSR count). The van der Waals surface area contributed by atoms with E-state index in [1.807, 2.05) is 6.07 Å². The standard InChI is InChI=1S/C17H17NO4/c1-17(2,15(19)12-6-4-3-5-7-12)16(20)13-8-10-14(11-9-13)18(21)22/h3-11,16,20H,1-2H3/t16-/m0/s1. The average molecular weight is 299 g/mol. The van der Waals surface area contributed by atoms with E-state index in [1.165, 1.54) is 24.3 Å². The van der Waals surface area contributed by atoms with Gasteiger partial charge in [-0.3, -0.25) is 14.9 Å². The molecule has 0 unspecified atom stereocenters. The molecule has 2 aromatic carbocycles. The van der Waals surface area contributed by atoms with Gasteiger partial charge in [-0.25, -0.2) is 0 Å². The smallest absolute Gasteiger partial charge is 0.269 e. The largest absolute Gasteiger partial charge is 0.387 e. The van der Waals surface area contributed by atoms with E-state index in [9.17, 15) is 20.0 Å². The molecule has 0 amide bonds. The second kappa shape index (κ2) is 6.07. The summed E-state index contributed by atoms with van der Waals surface area (Å²) in [7, 11) is 0. The number of rotatable bonds is 5. The van der Waals surface area contributed by atoms with Crippen molar-refractivity contribution in [3.63, 3.8) is 0 Å². The highest BCUT2D eigenvalue weighted by Crippen LogP contribution is 2.36. The second-order valence-corrected chi connectivity index (χ2v) is 5.67. The number of hydrogen-bond acceptors (Lipinski definition) is 4. The molecule has 0 spiro atoms. The summed E-state index contributed by atoms with van der Waals surface area (Å²) in [5, 5.41) is 21.2. The van der Waals surface area contributed by atoms with Crippen LogP contribution in [0.4, 0.5) is 5.69 Å². The highest BCUT2D eigenvalue weighted by Gasteiger charge is 2.37.